The van der Waals surface area contributed by atoms with Crippen molar-refractivity contribution in [3.8, 4) is 0 Å². The third-order valence-electron chi connectivity index (χ3n) is 2.09. The van der Waals surface area contributed by atoms with Gasteiger partial charge in [0.25, 0.3) is 0 Å². The van der Waals surface area contributed by atoms with Gasteiger partial charge in [-0.2, -0.15) is 0 Å². The first kappa shape index (κ1) is 13.6. The lowest BCUT2D eigenvalue weighted by Crippen LogP contribution is -2.13. The van der Waals surface area contributed by atoms with Crippen molar-refractivity contribution in [2.45, 2.75) is 26.2 Å². The van der Waals surface area contributed by atoms with E-state index in [0.717, 1.165) is 28.2 Å². The van der Waals surface area contributed by atoms with Gasteiger partial charge in [0.15, 0.2) is 0 Å². The summed E-state index contributed by atoms with van der Waals surface area (Å²) in [5.41, 5.74) is 0.961. The molecule has 0 radical (unpaired) electrons. The summed E-state index contributed by atoms with van der Waals surface area (Å²) >= 11 is 6.67. The van der Waals surface area contributed by atoms with Gasteiger partial charge < -0.3 is 5.32 Å². The maximum atomic E-state index is 11.5. The Kier molecular flexibility index (Phi) is 5.98. The van der Waals surface area contributed by atoms with Crippen LogP contribution in [0, 0.1) is 6.92 Å². The van der Waals surface area contributed by atoms with Crippen molar-refractivity contribution >= 4 is 43.6 Å². The molecule has 0 aliphatic heterocycles. The second kappa shape index (κ2) is 7.01. The third kappa shape index (κ3) is 4.61. The van der Waals surface area contributed by atoms with E-state index in [0.29, 0.717) is 12.2 Å². The molecule has 1 heterocycles. The molecule has 0 spiro atoms. The number of amides is 1. The van der Waals surface area contributed by atoms with Crippen molar-refractivity contribution in [1.29, 1.82) is 0 Å². The highest BCUT2D eigenvalue weighted by Crippen LogP contribution is 2.17. The van der Waals surface area contributed by atoms with Crippen LogP contribution in [0.25, 0.3) is 0 Å². The van der Waals surface area contributed by atoms with E-state index in [1.807, 2.05) is 13.0 Å². The number of pyridine rings is 1. The summed E-state index contributed by atoms with van der Waals surface area (Å²) in [5, 5.41) is 3.75. The molecule has 88 valence electrons. The van der Waals surface area contributed by atoms with E-state index in [9.17, 15) is 4.79 Å². The average Bonchev–Trinajstić information content (AvgIpc) is 2.23. The third-order valence-corrected chi connectivity index (χ3v) is 3.08. The maximum absolute atomic E-state index is 11.5. The molecule has 1 N–H and O–H groups in total. The zero-order valence-corrected chi connectivity index (χ0v) is 12.3. The SMILES string of the molecule is Cc1cc(Br)cnc1NC(=O)CCCCBr. The quantitative estimate of drug-likeness (QED) is 0.651. The summed E-state index contributed by atoms with van der Waals surface area (Å²) in [7, 11) is 0. The number of nitrogens with zero attached hydrogens (tertiary/aromatic N) is 1. The van der Waals surface area contributed by atoms with Crippen LogP contribution in [0.4, 0.5) is 5.82 Å². The van der Waals surface area contributed by atoms with Crippen molar-refractivity contribution in [3.63, 3.8) is 0 Å². The van der Waals surface area contributed by atoms with Gasteiger partial charge in [0.1, 0.15) is 5.82 Å². The number of nitrogens with one attached hydrogen (secondary N) is 1. The summed E-state index contributed by atoms with van der Waals surface area (Å²) in [6.45, 7) is 1.92. The van der Waals surface area contributed by atoms with E-state index in [1.165, 1.54) is 0 Å². The topological polar surface area (TPSA) is 42.0 Å². The Morgan fingerprint density at radius 2 is 2.25 bits per heavy atom. The first-order valence-electron chi connectivity index (χ1n) is 5.11. The molecule has 1 amide bonds. The standard InChI is InChI=1S/C11H14Br2N2O/c1-8-6-9(13)7-14-11(8)15-10(16)4-2-3-5-12/h6-7H,2-5H2,1H3,(H,14,15,16). The molecule has 0 aliphatic rings. The number of carbonyl (C=O) groups is 1. The monoisotopic (exact) mass is 348 g/mol. The maximum Gasteiger partial charge on any atom is 0.225 e. The second-order valence-corrected chi connectivity index (χ2v) is 5.22. The molecular formula is C11H14Br2N2O. The van der Waals surface area contributed by atoms with Crippen molar-refractivity contribution in [1.82, 2.24) is 4.98 Å². The molecule has 0 saturated heterocycles. The van der Waals surface area contributed by atoms with Crippen LogP contribution in [-0.4, -0.2) is 16.2 Å². The number of hydrogen-bond donors (Lipinski definition) is 1. The van der Waals surface area contributed by atoms with Gasteiger partial charge in [-0.25, -0.2) is 4.98 Å². The van der Waals surface area contributed by atoms with Crippen LogP contribution in [-0.2, 0) is 4.79 Å². The van der Waals surface area contributed by atoms with Crippen molar-refractivity contribution < 1.29 is 4.79 Å². The van der Waals surface area contributed by atoms with Crippen molar-refractivity contribution in [2.75, 3.05) is 10.6 Å². The molecule has 0 fully saturated rings. The summed E-state index contributed by atoms with van der Waals surface area (Å²) in [5.74, 6) is 0.672. The van der Waals surface area contributed by atoms with Crippen LogP contribution in [0.5, 0.6) is 0 Å². The van der Waals surface area contributed by atoms with Gasteiger partial charge in [-0.15, -0.1) is 0 Å². The molecular weight excluding hydrogens is 336 g/mol. The van der Waals surface area contributed by atoms with E-state index in [4.69, 9.17) is 0 Å². The number of alkyl halides is 1. The highest BCUT2D eigenvalue weighted by atomic mass is 79.9. The number of hydrogen-bond acceptors (Lipinski definition) is 2. The molecule has 0 aromatic carbocycles. The Bertz CT molecular complexity index is 369. The predicted molar refractivity (Wildman–Crippen MR) is 72.9 cm³/mol. The molecule has 0 atom stereocenters. The minimum absolute atomic E-state index is 0.0267. The molecule has 3 nitrogen and oxygen atoms in total. The van der Waals surface area contributed by atoms with Gasteiger partial charge >= 0.3 is 0 Å². The fourth-order valence-electron chi connectivity index (χ4n) is 1.25. The molecule has 0 bridgehead atoms. The number of anilines is 1. The number of rotatable bonds is 5. The molecule has 1 rings (SSSR count). The molecule has 0 unspecified atom stereocenters. The Balaban J connectivity index is 2.49. The Hall–Kier alpha value is -0.420. The Morgan fingerprint density at radius 1 is 1.50 bits per heavy atom. The minimum atomic E-state index is 0.0267. The number of unbranched alkanes of at least 4 members (excludes halogenated alkanes) is 1. The summed E-state index contributed by atoms with van der Waals surface area (Å²) in [4.78, 5) is 15.7. The predicted octanol–water partition coefficient (Wildman–Crippen LogP) is 3.66. The van der Waals surface area contributed by atoms with Gasteiger partial charge in [0, 0.05) is 22.4 Å². The number of aromatic nitrogens is 1. The smallest absolute Gasteiger partial charge is 0.225 e. The first-order valence-corrected chi connectivity index (χ1v) is 7.03. The van der Waals surface area contributed by atoms with Crippen molar-refractivity contribution in [2.24, 2.45) is 0 Å². The van der Waals surface area contributed by atoms with E-state index < -0.39 is 0 Å². The number of halogens is 2. The number of aryl methyl sites for hydroxylation is 1. The lowest BCUT2D eigenvalue weighted by molar-refractivity contribution is -0.116. The molecule has 16 heavy (non-hydrogen) atoms. The van der Waals surface area contributed by atoms with Gasteiger partial charge in [0.2, 0.25) is 5.91 Å². The van der Waals surface area contributed by atoms with Crippen LogP contribution < -0.4 is 5.32 Å². The fourth-order valence-corrected chi connectivity index (χ4v) is 2.09. The Labute approximate surface area is 112 Å². The molecule has 1 aromatic rings. The molecule has 5 heteroatoms. The first-order chi connectivity index (χ1) is 7.63. The average molecular weight is 350 g/mol. The highest BCUT2D eigenvalue weighted by Gasteiger charge is 2.05. The van der Waals surface area contributed by atoms with E-state index in [2.05, 4.69) is 42.2 Å². The van der Waals surface area contributed by atoms with Crippen LogP contribution >= 0.6 is 31.9 Å². The van der Waals surface area contributed by atoms with E-state index in [-0.39, 0.29) is 5.91 Å². The van der Waals surface area contributed by atoms with Crippen LogP contribution in [0.3, 0.4) is 0 Å². The lowest BCUT2D eigenvalue weighted by atomic mass is 10.2. The van der Waals surface area contributed by atoms with Crippen LogP contribution in [0.15, 0.2) is 16.7 Å². The minimum Gasteiger partial charge on any atom is -0.310 e. The van der Waals surface area contributed by atoms with E-state index in [1.54, 1.807) is 6.20 Å². The fraction of sp³-hybridized carbons (Fsp3) is 0.455. The number of carbonyl (C=O) groups excluding carboxylic acids is 1. The van der Waals surface area contributed by atoms with Gasteiger partial charge in [-0.05, 0) is 47.3 Å². The second-order valence-electron chi connectivity index (χ2n) is 3.51. The van der Waals surface area contributed by atoms with Crippen molar-refractivity contribution in [3.05, 3.63) is 22.3 Å². The van der Waals surface area contributed by atoms with E-state index >= 15 is 0 Å². The molecule has 0 aliphatic carbocycles. The normalized spacial score (nSPS) is 10.2. The lowest BCUT2D eigenvalue weighted by Gasteiger charge is -2.07. The molecule has 1 aromatic heterocycles. The van der Waals surface area contributed by atoms with Crippen LogP contribution in [0.2, 0.25) is 0 Å². The summed E-state index contributed by atoms with van der Waals surface area (Å²) < 4.78 is 0.919. The zero-order chi connectivity index (χ0) is 12.0. The van der Waals surface area contributed by atoms with Gasteiger partial charge in [-0.3, -0.25) is 4.79 Å². The summed E-state index contributed by atoms with van der Waals surface area (Å²) in [6.07, 6.45) is 4.14. The Morgan fingerprint density at radius 3 is 2.88 bits per heavy atom. The zero-order valence-electron chi connectivity index (χ0n) is 9.09. The van der Waals surface area contributed by atoms with Gasteiger partial charge in [0.05, 0.1) is 0 Å². The summed E-state index contributed by atoms with van der Waals surface area (Å²) in [6, 6.07) is 1.93. The van der Waals surface area contributed by atoms with Crippen LogP contribution in [0.1, 0.15) is 24.8 Å². The highest BCUT2D eigenvalue weighted by molar-refractivity contribution is 9.10. The van der Waals surface area contributed by atoms with Gasteiger partial charge in [-0.1, -0.05) is 15.9 Å². The largest absolute Gasteiger partial charge is 0.310 e. The molecule has 0 saturated carbocycles.